The van der Waals surface area contributed by atoms with E-state index < -0.39 is 28.6 Å². The van der Waals surface area contributed by atoms with Crippen molar-refractivity contribution in [3.05, 3.63) is 48.8 Å². The molecule has 116 valence electrons. The van der Waals surface area contributed by atoms with E-state index in [1.54, 1.807) is 30.6 Å². The molecule has 0 bridgehead atoms. The standard InChI is InChI=1S/C14H14N2O5S/c17-9-13(14(18)19)16-22(20,21)12-5-3-10(4-6-12)11-2-1-7-15-8-11/h1-8,13,16-17H,9H2,(H,18,19). The van der Waals surface area contributed by atoms with E-state index in [0.717, 1.165) is 11.1 Å². The van der Waals surface area contributed by atoms with E-state index in [1.807, 2.05) is 10.8 Å². The molecule has 8 heteroatoms. The maximum absolute atomic E-state index is 12.1. The van der Waals surface area contributed by atoms with Gasteiger partial charge in [-0.05, 0) is 29.3 Å². The fourth-order valence-electron chi connectivity index (χ4n) is 1.78. The molecule has 1 heterocycles. The van der Waals surface area contributed by atoms with Gasteiger partial charge in [0, 0.05) is 12.4 Å². The smallest absolute Gasteiger partial charge is 0.324 e. The lowest BCUT2D eigenvalue weighted by Crippen LogP contribution is -2.43. The first-order chi connectivity index (χ1) is 10.4. The highest BCUT2D eigenvalue weighted by atomic mass is 32.2. The predicted molar refractivity (Wildman–Crippen MR) is 78.5 cm³/mol. The molecule has 0 radical (unpaired) electrons. The van der Waals surface area contributed by atoms with Crippen molar-refractivity contribution >= 4 is 16.0 Å². The maximum atomic E-state index is 12.1. The first kappa shape index (κ1) is 16.1. The van der Waals surface area contributed by atoms with E-state index in [-0.39, 0.29) is 4.90 Å². The van der Waals surface area contributed by atoms with Crippen LogP contribution in [-0.2, 0) is 14.8 Å². The molecule has 1 atom stereocenters. The molecule has 0 aliphatic heterocycles. The Kier molecular flexibility index (Phi) is 4.86. The van der Waals surface area contributed by atoms with Crippen molar-refractivity contribution < 1.29 is 23.4 Å². The summed E-state index contributed by atoms with van der Waals surface area (Å²) in [6.45, 7) is -0.831. The molecule has 0 amide bonds. The van der Waals surface area contributed by atoms with Crippen LogP contribution in [0, 0.1) is 0 Å². The Labute approximate surface area is 127 Å². The van der Waals surface area contributed by atoms with Gasteiger partial charge >= 0.3 is 5.97 Å². The first-order valence-corrected chi connectivity index (χ1v) is 7.79. The van der Waals surface area contributed by atoms with Crippen LogP contribution in [-0.4, -0.2) is 42.2 Å². The fourth-order valence-corrected chi connectivity index (χ4v) is 2.96. The van der Waals surface area contributed by atoms with Crippen LogP contribution in [0.3, 0.4) is 0 Å². The fraction of sp³-hybridized carbons (Fsp3) is 0.143. The van der Waals surface area contributed by atoms with Gasteiger partial charge in [-0.3, -0.25) is 9.78 Å². The summed E-state index contributed by atoms with van der Waals surface area (Å²) in [7, 11) is -4.02. The van der Waals surface area contributed by atoms with Crippen LogP contribution in [0.5, 0.6) is 0 Å². The van der Waals surface area contributed by atoms with E-state index in [0.29, 0.717) is 0 Å². The molecule has 0 aliphatic rings. The number of benzene rings is 1. The van der Waals surface area contributed by atoms with Crippen molar-refractivity contribution in [2.75, 3.05) is 6.61 Å². The number of aromatic nitrogens is 1. The molecular weight excluding hydrogens is 308 g/mol. The highest BCUT2D eigenvalue weighted by Gasteiger charge is 2.24. The summed E-state index contributed by atoms with van der Waals surface area (Å²) in [5, 5.41) is 17.7. The average molecular weight is 322 g/mol. The Balaban J connectivity index is 2.24. The van der Waals surface area contributed by atoms with Crippen LogP contribution in [0.15, 0.2) is 53.7 Å². The molecule has 7 nitrogen and oxygen atoms in total. The Morgan fingerprint density at radius 3 is 2.36 bits per heavy atom. The minimum Gasteiger partial charge on any atom is -0.480 e. The molecule has 0 fully saturated rings. The number of hydrogen-bond acceptors (Lipinski definition) is 5. The zero-order chi connectivity index (χ0) is 16.2. The number of pyridine rings is 1. The van der Waals surface area contributed by atoms with E-state index in [9.17, 15) is 13.2 Å². The van der Waals surface area contributed by atoms with Crippen LogP contribution < -0.4 is 4.72 Å². The van der Waals surface area contributed by atoms with Crippen LogP contribution in [0.4, 0.5) is 0 Å². The molecule has 2 rings (SSSR count). The summed E-state index contributed by atoms with van der Waals surface area (Å²) < 4.78 is 26.0. The minimum absolute atomic E-state index is 0.0835. The third-order valence-electron chi connectivity index (χ3n) is 2.94. The molecule has 0 spiro atoms. The van der Waals surface area contributed by atoms with Crippen molar-refractivity contribution in [2.24, 2.45) is 0 Å². The number of nitrogens with zero attached hydrogens (tertiary/aromatic N) is 1. The summed E-state index contributed by atoms with van der Waals surface area (Å²) >= 11 is 0. The lowest BCUT2D eigenvalue weighted by atomic mass is 10.1. The topological polar surface area (TPSA) is 117 Å². The Hall–Kier alpha value is -2.29. The molecule has 1 aromatic heterocycles. The maximum Gasteiger partial charge on any atom is 0.324 e. The highest BCUT2D eigenvalue weighted by molar-refractivity contribution is 7.89. The van der Waals surface area contributed by atoms with E-state index in [4.69, 9.17) is 10.2 Å². The van der Waals surface area contributed by atoms with Crippen molar-refractivity contribution in [1.82, 2.24) is 9.71 Å². The summed E-state index contributed by atoms with van der Waals surface area (Å²) in [4.78, 5) is 14.7. The van der Waals surface area contributed by atoms with Gasteiger partial charge in [0.05, 0.1) is 11.5 Å². The third-order valence-corrected chi connectivity index (χ3v) is 4.43. The quantitative estimate of drug-likeness (QED) is 0.712. The van der Waals surface area contributed by atoms with Gasteiger partial charge in [-0.25, -0.2) is 8.42 Å². The number of nitrogens with one attached hydrogen (secondary N) is 1. The van der Waals surface area contributed by atoms with Gasteiger partial charge in [-0.15, -0.1) is 0 Å². The van der Waals surface area contributed by atoms with Crippen molar-refractivity contribution in [3.8, 4) is 11.1 Å². The molecule has 1 aromatic carbocycles. The molecule has 0 aliphatic carbocycles. The van der Waals surface area contributed by atoms with E-state index in [2.05, 4.69) is 4.98 Å². The SMILES string of the molecule is O=C(O)C(CO)NS(=O)(=O)c1ccc(-c2cccnc2)cc1. The molecule has 0 saturated carbocycles. The van der Waals surface area contributed by atoms with Crippen LogP contribution >= 0.6 is 0 Å². The number of hydrogen-bond donors (Lipinski definition) is 3. The Morgan fingerprint density at radius 1 is 1.18 bits per heavy atom. The third kappa shape index (κ3) is 3.67. The number of carboxylic acid groups (broad SMARTS) is 1. The van der Waals surface area contributed by atoms with Gasteiger partial charge < -0.3 is 10.2 Å². The summed E-state index contributed by atoms with van der Waals surface area (Å²) in [5.74, 6) is -1.45. The number of aliphatic hydroxyl groups is 1. The number of carbonyl (C=O) groups is 1. The Morgan fingerprint density at radius 2 is 1.86 bits per heavy atom. The molecular formula is C14H14N2O5S. The van der Waals surface area contributed by atoms with E-state index >= 15 is 0 Å². The molecule has 22 heavy (non-hydrogen) atoms. The normalized spacial score (nSPS) is 12.8. The number of carboxylic acids is 1. The zero-order valence-electron chi connectivity index (χ0n) is 11.4. The van der Waals surface area contributed by atoms with Crippen LogP contribution in [0.1, 0.15) is 0 Å². The van der Waals surface area contributed by atoms with Gasteiger partial charge in [-0.2, -0.15) is 4.72 Å². The molecule has 1 unspecified atom stereocenters. The second-order valence-electron chi connectivity index (χ2n) is 4.46. The summed E-state index contributed by atoms with van der Waals surface area (Å²) in [6, 6.07) is 7.94. The second kappa shape index (κ2) is 6.65. The van der Waals surface area contributed by atoms with Gasteiger partial charge in [0.25, 0.3) is 0 Å². The second-order valence-corrected chi connectivity index (χ2v) is 6.17. The van der Waals surface area contributed by atoms with Gasteiger partial charge in [0.15, 0.2) is 0 Å². The molecule has 3 N–H and O–H groups in total. The highest BCUT2D eigenvalue weighted by Crippen LogP contribution is 2.20. The zero-order valence-corrected chi connectivity index (χ0v) is 12.2. The number of rotatable bonds is 6. The van der Waals surface area contributed by atoms with E-state index in [1.165, 1.54) is 12.1 Å². The minimum atomic E-state index is -4.02. The Bertz CT molecular complexity index is 745. The van der Waals surface area contributed by atoms with Crippen molar-refractivity contribution in [3.63, 3.8) is 0 Å². The molecule has 2 aromatic rings. The van der Waals surface area contributed by atoms with Crippen molar-refractivity contribution in [1.29, 1.82) is 0 Å². The number of aliphatic hydroxyl groups excluding tert-OH is 1. The number of sulfonamides is 1. The monoisotopic (exact) mass is 322 g/mol. The van der Waals surface area contributed by atoms with Crippen LogP contribution in [0.25, 0.3) is 11.1 Å². The van der Waals surface area contributed by atoms with Gasteiger partial charge in [-0.1, -0.05) is 18.2 Å². The van der Waals surface area contributed by atoms with Crippen molar-refractivity contribution in [2.45, 2.75) is 10.9 Å². The predicted octanol–water partition coefficient (Wildman–Crippen LogP) is 0.472. The van der Waals surface area contributed by atoms with Crippen LogP contribution in [0.2, 0.25) is 0 Å². The largest absolute Gasteiger partial charge is 0.480 e. The number of aliphatic carboxylic acids is 1. The van der Waals surface area contributed by atoms with Gasteiger partial charge in [0.1, 0.15) is 6.04 Å². The van der Waals surface area contributed by atoms with Gasteiger partial charge in [0.2, 0.25) is 10.0 Å². The lowest BCUT2D eigenvalue weighted by Gasteiger charge is -2.12. The first-order valence-electron chi connectivity index (χ1n) is 6.30. The lowest BCUT2D eigenvalue weighted by molar-refractivity contribution is -0.139. The summed E-state index contributed by atoms with van der Waals surface area (Å²) in [5.41, 5.74) is 1.61. The average Bonchev–Trinajstić information content (AvgIpc) is 2.53. The summed E-state index contributed by atoms with van der Waals surface area (Å²) in [6.07, 6.45) is 3.28. The molecule has 0 saturated heterocycles.